The van der Waals surface area contributed by atoms with Gasteiger partial charge < -0.3 is 4.52 Å². The van der Waals surface area contributed by atoms with Gasteiger partial charge in [-0.05, 0) is 37.0 Å². The quantitative estimate of drug-likeness (QED) is 0.636. The molecule has 160 valence electrons. The van der Waals surface area contributed by atoms with Crippen molar-refractivity contribution >= 4 is 41.1 Å². The van der Waals surface area contributed by atoms with E-state index in [9.17, 15) is 14.0 Å². The normalized spacial score (nSPS) is 21.8. The summed E-state index contributed by atoms with van der Waals surface area (Å²) < 4.78 is 19.5. The summed E-state index contributed by atoms with van der Waals surface area (Å²) in [6.07, 6.45) is 5.87. The smallest absolute Gasteiger partial charge is 0.186 e. The van der Waals surface area contributed by atoms with E-state index < -0.39 is 6.04 Å². The van der Waals surface area contributed by atoms with Gasteiger partial charge >= 0.3 is 0 Å². The highest BCUT2D eigenvalue weighted by Gasteiger charge is 2.41. The molecule has 0 amide bonds. The van der Waals surface area contributed by atoms with E-state index in [1.807, 2.05) is 11.0 Å². The Kier molecular flexibility index (Phi) is 7.50. The van der Waals surface area contributed by atoms with E-state index in [1.54, 1.807) is 31.2 Å². The first kappa shape index (κ1) is 22.7. The zero-order valence-corrected chi connectivity index (χ0v) is 18.3. The molecule has 2 fully saturated rings. The summed E-state index contributed by atoms with van der Waals surface area (Å²) in [6, 6.07) is 7.68. The molecule has 0 bridgehead atoms. The molecular weight excluding hydrogens is 427 g/mol. The minimum Gasteiger partial charge on any atom is -0.364 e. The molecule has 1 aromatic carbocycles. The van der Waals surface area contributed by atoms with E-state index in [0.29, 0.717) is 30.8 Å². The number of thioether (sulfide) groups is 1. The molecule has 0 radical (unpaired) electrons. The molecule has 1 saturated carbocycles. The van der Waals surface area contributed by atoms with Crippen LogP contribution in [0.5, 0.6) is 0 Å². The molecule has 2 heterocycles. The molecule has 1 aromatic heterocycles. The number of nitrogens with zero attached hydrogens (tertiary/aromatic N) is 2. The SMILES string of the molecule is CC(=O)SC1CCN(C(C(=O)C2CC2)c2ccccc2F)CC1=Cc1ccon1.Cl. The third-order valence-corrected chi connectivity index (χ3v) is 6.55. The minimum absolute atomic E-state index is 0. The fourth-order valence-corrected chi connectivity index (χ4v) is 4.80. The number of likely N-dealkylation sites (tertiary alicyclic amines) is 1. The second-order valence-electron chi connectivity index (χ2n) is 7.60. The van der Waals surface area contributed by atoms with Crippen LogP contribution in [0.2, 0.25) is 0 Å². The van der Waals surface area contributed by atoms with E-state index in [-0.39, 0.29) is 40.3 Å². The Morgan fingerprint density at radius 2 is 2.03 bits per heavy atom. The Bertz CT molecular complexity index is 930. The van der Waals surface area contributed by atoms with E-state index in [4.69, 9.17) is 4.52 Å². The molecule has 5 nitrogen and oxygen atoms in total. The van der Waals surface area contributed by atoms with Crippen molar-refractivity contribution < 1.29 is 18.5 Å². The monoisotopic (exact) mass is 450 g/mol. The first-order chi connectivity index (χ1) is 14.0. The summed E-state index contributed by atoms with van der Waals surface area (Å²) in [5, 5.41) is 4.01. The van der Waals surface area contributed by atoms with Gasteiger partial charge in [0, 0.05) is 42.8 Å². The lowest BCUT2D eigenvalue weighted by molar-refractivity contribution is -0.126. The van der Waals surface area contributed by atoms with Crippen LogP contribution >= 0.6 is 24.2 Å². The molecular formula is C22H24ClFN2O3S. The third-order valence-electron chi connectivity index (χ3n) is 5.39. The number of rotatable bonds is 6. The number of carbonyl (C=O) groups is 2. The first-order valence-corrected chi connectivity index (χ1v) is 10.7. The summed E-state index contributed by atoms with van der Waals surface area (Å²) >= 11 is 1.29. The second kappa shape index (κ2) is 9.90. The maximum absolute atomic E-state index is 14.6. The van der Waals surface area contributed by atoms with Gasteiger partial charge in [-0.1, -0.05) is 35.1 Å². The summed E-state index contributed by atoms with van der Waals surface area (Å²) in [7, 11) is 0. The summed E-state index contributed by atoms with van der Waals surface area (Å²) in [5.41, 5.74) is 2.10. The zero-order chi connectivity index (χ0) is 20.4. The topological polar surface area (TPSA) is 63.4 Å². The van der Waals surface area contributed by atoms with Crippen LogP contribution in [0.1, 0.15) is 43.5 Å². The number of carbonyl (C=O) groups excluding carboxylic acids is 2. The van der Waals surface area contributed by atoms with Crippen LogP contribution in [-0.2, 0) is 9.59 Å². The van der Waals surface area contributed by atoms with Gasteiger partial charge in [0.25, 0.3) is 0 Å². The molecule has 30 heavy (non-hydrogen) atoms. The largest absolute Gasteiger partial charge is 0.364 e. The van der Waals surface area contributed by atoms with Crippen molar-refractivity contribution in [3.8, 4) is 0 Å². The van der Waals surface area contributed by atoms with Crippen LogP contribution in [0.3, 0.4) is 0 Å². The Morgan fingerprint density at radius 1 is 1.27 bits per heavy atom. The van der Waals surface area contributed by atoms with E-state index in [2.05, 4.69) is 5.16 Å². The van der Waals surface area contributed by atoms with Crippen LogP contribution in [0.25, 0.3) is 6.08 Å². The van der Waals surface area contributed by atoms with Crippen molar-refractivity contribution in [3.63, 3.8) is 0 Å². The number of hydrogen-bond acceptors (Lipinski definition) is 6. The Hall–Kier alpha value is -1.96. The predicted molar refractivity (Wildman–Crippen MR) is 117 cm³/mol. The van der Waals surface area contributed by atoms with Gasteiger partial charge in [-0.3, -0.25) is 14.5 Å². The molecule has 2 unspecified atom stereocenters. The zero-order valence-electron chi connectivity index (χ0n) is 16.6. The van der Waals surface area contributed by atoms with Crippen molar-refractivity contribution in [2.24, 2.45) is 5.92 Å². The summed E-state index contributed by atoms with van der Waals surface area (Å²) in [5.74, 6) is -0.241. The fourth-order valence-electron chi connectivity index (χ4n) is 3.88. The number of halogens is 2. The molecule has 1 aliphatic heterocycles. The lowest BCUT2D eigenvalue weighted by atomic mass is 9.93. The molecule has 2 aromatic rings. The van der Waals surface area contributed by atoms with Gasteiger partial charge in [-0.15, -0.1) is 12.4 Å². The number of aromatic nitrogens is 1. The highest BCUT2D eigenvalue weighted by molar-refractivity contribution is 8.14. The van der Waals surface area contributed by atoms with Crippen molar-refractivity contribution in [1.82, 2.24) is 10.1 Å². The molecule has 2 atom stereocenters. The maximum Gasteiger partial charge on any atom is 0.186 e. The van der Waals surface area contributed by atoms with Crippen molar-refractivity contribution in [2.75, 3.05) is 13.1 Å². The van der Waals surface area contributed by atoms with Crippen molar-refractivity contribution in [3.05, 3.63) is 59.2 Å². The standard InChI is InChI=1S/C22H23FN2O3S.ClH/c1-14(26)29-20-8-10-25(13-16(20)12-17-9-11-28-24-17)21(22(27)15-6-7-15)18-4-2-3-5-19(18)23;/h2-5,9,11-12,15,20-21H,6-8,10,13H2,1H3;1H. The van der Waals surface area contributed by atoms with Crippen LogP contribution in [0.15, 0.2) is 46.7 Å². The molecule has 8 heteroatoms. The van der Waals surface area contributed by atoms with Gasteiger partial charge in [0.1, 0.15) is 17.8 Å². The maximum atomic E-state index is 14.6. The third kappa shape index (κ3) is 5.20. The van der Waals surface area contributed by atoms with E-state index in [1.165, 1.54) is 24.1 Å². The van der Waals surface area contributed by atoms with Gasteiger partial charge in [-0.25, -0.2) is 4.39 Å². The highest BCUT2D eigenvalue weighted by atomic mass is 35.5. The van der Waals surface area contributed by atoms with E-state index in [0.717, 1.165) is 18.4 Å². The van der Waals surface area contributed by atoms with Gasteiger partial charge in [0.05, 0.1) is 6.04 Å². The van der Waals surface area contributed by atoms with Crippen LogP contribution in [0.4, 0.5) is 4.39 Å². The summed E-state index contributed by atoms with van der Waals surface area (Å²) in [4.78, 5) is 26.9. The van der Waals surface area contributed by atoms with E-state index >= 15 is 0 Å². The molecule has 0 spiro atoms. The van der Waals surface area contributed by atoms with Crippen LogP contribution in [0, 0.1) is 11.7 Å². The van der Waals surface area contributed by atoms with Gasteiger partial charge in [0.15, 0.2) is 10.9 Å². The van der Waals surface area contributed by atoms with Gasteiger partial charge in [0.2, 0.25) is 0 Å². The molecule has 4 rings (SSSR count). The Morgan fingerprint density at radius 3 is 2.67 bits per heavy atom. The fraction of sp³-hybridized carbons (Fsp3) is 0.409. The lowest BCUT2D eigenvalue weighted by Gasteiger charge is -2.38. The summed E-state index contributed by atoms with van der Waals surface area (Å²) in [6.45, 7) is 2.66. The highest BCUT2D eigenvalue weighted by Crippen LogP contribution is 2.40. The number of hydrogen-bond donors (Lipinski definition) is 0. The Balaban J connectivity index is 0.00000256. The number of Topliss-reactive ketones (excluding diaryl/α,β-unsaturated/α-hetero) is 1. The molecule has 1 aliphatic carbocycles. The van der Waals surface area contributed by atoms with Crippen molar-refractivity contribution in [2.45, 2.75) is 37.5 Å². The molecule has 1 saturated heterocycles. The second-order valence-corrected chi connectivity index (χ2v) is 8.98. The molecule has 0 N–H and O–H groups in total. The van der Waals surface area contributed by atoms with Crippen molar-refractivity contribution in [1.29, 1.82) is 0 Å². The number of ketones is 1. The van der Waals surface area contributed by atoms with Crippen LogP contribution in [-0.4, -0.2) is 39.3 Å². The number of piperidine rings is 1. The number of benzene rings is 1. The first-order valence-electron chi connectivity index (χ1n) is 9.83. The lowest BCUT2D eigenvalue weighted by Crippen LogP contribution is -2.43. The van der Waals surface area contributed by atoms with Crippen LogP contribution < -0.4 is 0 Å². The molecule has 2 aliphatic rings. The van der Waals surface area contributed by atoms with Gasteiger partial charge in [-0.2, -0.15) is 0 Å². The minimum atomic E-state index is -0.604. The average molecular weight is 451 g/mol. The predicted octanol–water partition coefficient (Wildman–Crippen LogP) is 4.69. The average Bonchev–Trinajstić information content (AvgIpc) is 3.42. The Labute approximate surface area is 185 Å².